The summed E-state index contributed by atoms with van der Waals surface area (Å²) in [6.07, 6.45) is 6.83. The zero-order valence-electron chi connectivity index (χ0n) is 15.2. The van der Waals surface area contributed by atoms with E-state index in [1.165, 1.54) is 38.0 Å². The van der Waals surface area contributed by atoms with E-state index in [1.54, 1.807) is 7.05 Å². The average molecular weight is 346 g/mol. The minimum absolute atomic E-state index is 0.0656. The highest BCUT2D eigenvalue weighted by molar-refractivity contribution is 5.87. The molecule has 0 amide bonds. The number of rotatable bonds is 4. The number of aromatic nitrogens is 2. The average Bonchev–Trinajstić information content (AvgIpc) is 2.57. The van der Waals surface area contributed by atoms with Crippen molar-refractivity contribution in [2.45, 2.75) is 44.9 Å². The zero-order chi connectivity index (χ0) is 17.9. The van der Waals surface area contributed by atoms with Crippen molar-refractivity contribution in [3.05, 3.63) is 26.4 Å². The molecule has 5 rings (SSSR count). The maximum atomic E-state index is 13.3. The summed E-state index contributed by atoms with van der Waals surface area (Å²) in [6.45, 7) is 0. The monoisotopic (exact) mass is 346 g/mol. The molecule has 136 valence electrons. The number of ether oxygens (including phenoxy) is 1. The van der Waals surface area contributed by atoms with Gasteiger partial charge in [0.15, 0.2) is 0 Å². The summed E-state index contributed by atoms with van der Waals surface area (Å²) < 4.78 is 7.68. The van der Waals surface area contributed by atoms with Crippen molar-refractivity contribution in [1.29, 1.82) is 0 Å². The first-order valence-electron chi connectivity index (χ1n) is 9.21. The standard InChI is InChI=1S/C19H26N2O4/c1-20-16(23)14(17(25-3)21(2)18(20)24)7-15(22)19-8-11-4-12(9-19)6-13(5-11)10-19/h11-13H,4-10H2,1-3H3. The van der Waals surface area contributed by atoms with Crippen LogP contribution in [0.5, 0.6) is 5.88 Å². The van der Waals surface area contributed by atoms with Crippen LogP contribution in [0.4, 0.5) is 0 Å². The minimum atomic E-state index is -0.437. The summed E-state index contributed by atoms with van der Waals surface area (Å²) >= 11 is 0. The number of hydrogen-bond acceptors (Lipinski definition) is 4. The van der Waals surface area contributed by atoms with Crippen LogP contribution in [0.3, 0.4) is 0 Å². The van der Waals surface area contributed by atoms with E-state index in [0.29, 0.717) is 23.3 Å². The van der Waals surface area contributed by atoms with Crippen molar-refractivity contribution in [2.75, 3.05) is 7.11 Å². The first-order valence-corrected chi connectivity index (χ1v) is 9.21. The van der Waals surface area contributed by atoms with Crippen molar-refractivity contribution in [3.63, 3.8) is 0 Å². The molecule has 0 atom stereocenters. The van der Waals surface area contributed by atoms with Crippen molar-refractivity contribution >= 4 is 5.78 Å². The van der Waals surface area contributed by atoms with Gasteiger partial charge in [-0.1, -0.05) is 0 Å². The first-order chi connectivity index (χ1) is 11.8. The molecule has 1 aromatic heterocycles. The molecule has 0 N–H and O–H groups in total. The summed E-state index contributed by atoms with van der Waals surface area (Å²) in [5.41, 5.74) is -0.793. The Hall–Kier alpha value is -1.85. The summed E-state index contributed by atoms with van der Waals surface area (Å²) in [4.78, 5) is 38.0. The zero-order valence-corrected chi connectivity index (χ0v) is 15.2. The Morgan fingerprint density at radius 1 is 1.04 bits per heavy atom. The normalized spacial score (nSPS) is 32.8. The van der Waals surface area contributed by atoms with Gasteiger partial charge in [0.25, 0.3) is 5.56 Å². The van der Waals surface area contributed by atoms with Crippen molar-refractivity contribution in [2.24, 2.45) is 37.3 Å². The van der Waals surface area contributed by atoms with E-state index in [0.717, 1.165) is 23.8 Å². The number of carbonyl (C=O) groups is 1. The summed E-state index contributed by atoms with van der Waals surface area (Å²) in [7, 11) is 4.45. The van der Waals surface area contributed by atoms with Crippen molar-refractivity contribution < 1.29 is 9.53 Å². The fourth-order valence-corrected chi connectivity index (χ4v) is 6.11. The molecule has 4 bridgehead atoms. The van der Waals surface area contributed by atoms with Gasteiger partial charge < -0.3 is 4.74 Å². The number of Topliss-reactive ketones (excluding diaryl/α,β-unsaturated/α-hetero) is 1. The summed E-state index contributed by atoms with van der Waals surface area (Å²) in [6, 6.07) is 0. The van der Waals surface area contributed by atoms with Gasteiger partial charge in [0.05, 0.1) is 12.7 Å². The van der Waals surface area contributed by atoms with Gasteiger partial charge in [-0.25, -0.2) is 4.79 Å². The SMILES string of the molecule is COc1c(CC(=O)C23CC4CC(CC(C4)C2)C3)c(=O)n(C)c(=O)n1C. The Kier molecular flexibility index (Phi) is 3.71. The number of nitrogens with zero attached hydrogens (tertiary/aromatic N) is 2. The van der Waals surface area contributed by atoms with Gasteiger partial charge in [0.2, 0.25) is 5.88 Å². The van der Waals surface area contributed by atoms with E-state index < -0.39 is 11.2 Å². The smallest absolute Gasteiger partial charge is 0.333 e. The number of carbonyl (C=O) groups excluding carboxylic acids is 1. The van der Waals surface area contributed by atoms with Gasteiger partial charge in [-0.2, -0.15) is 0 Å². The Morgan fingerprint density at radius 2 is 1.56 bits per heavy atom. The fraction of sp³-hybridized carbons (Fsp3) is 0.737. The first kappa shape index (κ1) is 16.6. The fourth-order valence-electron chi connectivity index (χ4n) is 6.11. The topological polar surface area (TPSA) is 70.3 Å². The molecular weight excluding hydrogens is 320 g/mol. The third kappa shape index (κ3) is 2.41. The largest absolute Gasteiger partial charge is 0.482 e. The Balaban J connectivity index is 1.70. The maximum absolute atomic E-state index is 13.3. The van der Waals surface area contributed by atoms with Crippen LogP contribution >= 0.6 is 0 Å². The van der Waals surface area contributed by atoms with Crippen LogP contribution in [-0.2, 0) is 25.3 Å². The lowest BCUT2D eigenvalue weighted by atomic mass is 9.48. The molecule has 0 spiro atoms. The molecule has 25 heavy (non-hydrogen) atoms. The van der Waals surface area contributed by atoms with Crippen LogP contribution in [0.25, 0.3) is 0 Å². The molecule has 4 aliphatic carbocycles. The van der Waals surface area contributed by atoms with E-state index in [2.05, 4.69) is 0 Å². The maximum Gasteiger partial charge on any atom is 0.333 e. The predicted octanol–water partition coefficient (Wildman–Crippen LogP) is 1.42. The Bertz CT molecular complexity index is 813. The van der Waals surface area contributed by atoms with Crippen molar-refractivity contribution in [1.82, 2.24) is 9.13 Å². The molecule has 6 nitrogen and oxygen atoms in total. The molecule has 1 heterocycles. The lowest BCUT2D eigenvalue weighted by Crippen LogP contribution is -2.51. The minimum Gasteiger partial charge on any atom is -0.482 e. The van der Waals surface area contributed by atoms with Gasteiger partial charge in [-0.3, -0.25) is 18.7 Å². The number of hydrogen-bond donors (Lipinski definition) is 0. The predicted molar refractivity (Wildman–Crippen MR) is 92.8 cm³/mol. The molecule has 6 heteroatoms. The summed E-state index contributed by atoms with van der Waals surface area (Å²) in [5, 5.41) is 0. The number of methoxy groups -OCH3 is 1. The third-order valence-electron chi connectivity index (χ3n) is 6.86. The van der Waals surface area contributed by atoms with Gasteiger partial charge in [0.1, 0.15) is 5.78 Å². The second-order valence-electron chi connectivity index (χ2n) is 8.49. The summed E-state index contributed by atoms with van der Waals surface area (Å²) in [5.74, 6) is 2.42. The highest BCUT2D eigenvalue weighted by atomic mass is 16.5. The van der Waals surface area contributed by atoms with Crippen LogP contribution in [0.1, 0.15) is 44.1 Å². The Labute approximate surface area is 146 Å². The molecule has 4 saturated carbocycles. The van der Waals surface area contributed by atoms with Gasteiger partial charge in [0, 0.05) is 25.9 Å². The van der Waals surface area contributed by atoms with E-state index in [1.807, 2.05) is 0 Å². The van der Waals surface area contributed by atoms with Crippen LogP contribution in [-0.4, -0.2) is 22.0 Å². The molecule has 4 fully saturated rings. The Morgan fingerprint density at radius 3 is 2.04 bits per heavy atom. The van der Waals surface area contributed by atoms with Gasteiger partial charge in [-0.05, 0) is 56.3 Å². The van der Waals surface area contributed by atoms with Crippen LogP contribution in [0.15, 0.2) is 9.59 Å². The highest BCUT2D eigenvalue weighted by Crippen LogP contribution is 2.60. The van der Waals surface area contributed by atoms with Gasteiger partial charge in [-0.15, -0.1) is 0 Å². The second-order valence-corrected chi connectivity index (χ2v) is 8.49. The molecule has 4 aliphatic rings. The van der Waals surface area contributed by atoms with Gasteiger partial charge >= 0.3 is 5.69 Å². The molecule has 0 aromatic carbocycles. The highest BCUT2D eigenvalue weighted by Gasteiger charge is 2.54. The van der Waals surface area contributed by atoms with Crippen LogP contribution in [0, 0.1) is 23.2 Å². The number of ketones is 1. The molecular formula is C19H26N2O4. The van der Waals surface area contributed by atoms with Crippen molar-refractivity contribution in [3.8, 4) is 5.88 Å². The van der Waals surface area contributed by atoms with E-state index in [4.69, 9.17) is 4.74 Å². The lowest BCUT2D eigenvalue weighted by molar-refractivity contribution is -0.143. The third-order valence-corrected chi connectivity index (χ3v) is 6.86. The molecule has 0 radical (unpaired) electrons. The van der Waals surface area contributed by atoms with E-state index in [-0.39, 0.29) is 23.5 Å². The molecule has 0 unspecified atom stereocenters. The quantitative estimate of drug-likeness (QED) is 0.827. The van der Waals surface area contributed by atoms with E-state index >= 15 is 0 Å². The second kappa shape index (κ2) is 5.58. The molecule has 0 aliphatic heterocycles. The molecule has 1 aromatic rings. The molecule has 0 saturated heterocycles. The lowest BCUT2D eigenvalue weighted by Gasteiger charge is -2.56. The van der Waals surface area contributed by atoms with E-state index in [9.17, 15) is 14.4 Å². The van der Waals surface area contributed by atoms with Crippen LogP contribution in [0.2, 0.25) is 0 Å². The van der Waals surface area contributed by atoms with Crippen LogP contribution < -0.4 is 16.0 Å².